The van der Waals surface area contributed by atoms with Gasteiger partial charge in [0.15, 0.2) is 5.78 Å². The molecule has 0 atom stereocenters. The second-order valence-corrected chi connectivity index (χ2v) is 5.44. The van der Waals surface area contributed by atoms with Crippen molar-refractivity contribution in [1.29, 1.82) is 0 Å². The predicted octanol–water partition coefficient (Wildman–Crippen LogP) is 4.16. The van der Waals surface area contributed by atoms with Crippen LogP contribution >= 0.6 is 22.9 Å². The van der Waals surface area contributed by atoms with Crippen LogP contribution in [0, 0.1) is 0 Å². The fourth-order valence-corrected chi connectivity index (χ4v) is 3.15. The largest absolute Gasteiger partial charge is 0.488 e. The maximum atomic E-state index is 11.4. The van der Waals surface area contributed by atoms with E-state index >= 15 is 0 Å². The number of fused-ring (bicyclic) bond motifs is 3. The first kappa shape index (κ1) is 10.8. The first-order valence-electron chi connectivity index (χ1n) is 5.21. The van der Waals surface area contributed by atoms with Crippen molar-refractivity contribution >= 4 is 28.7 Å². The highest BCUT2D eigenvalue weighted by atomic mass is 35.5. The van der Waals surface area contributed by atoms with Gasteiger partial charge in [-0.25, -0.2) is 0 Å². The Kier molecular flexibility index (Phi) is 2.45. The lowest BCUT2D eigenvalue weighted by Crippen LogP contribution is -2.02. The van der Waals surface area contributed by atoms with Crippen LogP contribution < -0.4 is 4.74 Å². The molecule has 0 amide bonds. The highest BCUT2D eigenvalue weighted by Gasteiger charge is 2.21. The lowest BCUT2D eigenvalue weighted by Gasteiger charge is -2.17. The molecule has 86 valence electrons. The van der Waals surface area contributed by atoms with Crippen molar-refractivity contribution in [3.8, 4) is 16.2 Å². The second kappa shape index (κ2) is 3.86. The highest BCUT2D eigenvalue weighted by Crippen LogP contribution is 2.43. The lowest BCUT2D eigenvalue weighted by atomic mass is 10.1. The molecule has 1 aliphatic rings. The molecule has 2 nitrogen and oxygen atoms in total. The summed E-state index contributed by atoms with van der Waals surface area (Å²) in [5.41, 5.74) is 2.05. The summed E-state index contributed by atoms with van der Waals surface area (Å²) >= 11 is 7.50. The van der Waals surface area contributed by atoms with Crippen LogP contribution in [-0.4, -0.2) is 5.78 Å². The van der Waals surface area contributed by atoms with E-state index in [-0.39, 0.29) is 5.78 Å². The zero-order valence-electron chi connectivity index (χ0n) is 9.12. The number of Topliss-reactive ketones (excluding diaryl/α,β-unsaturated/α-hetero) is 1. The molecule has 2 aromatic rings. The topological polar surface area (TPSA) is 26.3 Å². The van der Waals surface area contributed by atoms with Crippen molar-refractivity contribution < 1.29 is 9.53 Å². The van der Waals surface area contributed by atoms with Crippen molar-refractivity contribution in [1.82, 2.24) is 0 Å². The van der Waals surface area contributed by atoms with E-state index < -0.39 is 0 Å². The van der Waals surface area contributed by atoms with E-state index in [0.717, 1.165) is 26.6 Å². The van der Waals surface area contributed by atoms with Crippen molar-refractivity contribution in [2.24, 2.45) is 0 Å². The Morgan fingerprint density at radius 2 is 2.24 bits per heavy atom. The molecule has 0 saturated heterocycles. The van der Waals surface area contributed by atoms with Gasteiger partial charge in [-0.05, 0) is 31.2 Å². The third-order valence-corrected chi connectivity index (χ3v) is 4.27. The lowest BCUT2D eigenvalue weighted by molar-refractivity contribution is 0.102. The van der Waals surface area contributed by atoms with E-state index in [1.807, 2.05) is 24.3 Å². The minimum absolute atomic E-state index is 0.0907. The van der Waals surface area contributed by atoms with Gasteiger partial charge in [0.05, 0.1) is 4.88 Å². The summed E-state index contributed by atoms with van der Waals surface area (Å²) in [6, 6.07) is 7.47. The molecule has 0 fully saturated rings. The molecule has 1 aromatic carbocycles. The van der Waals surface area contributed by atoms with Gasteiger partial charge in [0.2, 0.25) is 0 Å². The van der Waals surface area contributed by atoms with Gasteiger partial charge >= 0.3 is 0 Å². The van der Waals surface area contributed by atoms with Crippen LogP contribution in [0.4, 0.5) is 0 Å². The van der Waals surface area contributed by atoms with Gasteiger partial charge in [-0.2, -0.15) is 0 Å². The number of rotatable bonds is 1. The van der Waals surface area contributed by atoms with Gasteiger partial charge in [0, 0.05) is 21.0 Å². The van der Waals surface area contributed by atoms with Crippen molar-refractivity contribution in [3.63, 3.8) is 0 Å². The van der Waals surface area contributed by atoms with Gasteiger partial charge in [-0.3, -0.25) is 4.79 Å². The number of halogens is 1. The van der Waals surface area contributed by atoms with Crippen LogP contribution in [0.5, 0.6) is 5.75 Å². The first-order chi connectivity index (χ1) is 8.15. The van der Waals surface area contributed by atoms with Crippen molar-refractivity contribution in [2.75, 3.05) is 0 Å². The van der Waals surface area contributed by atoms with Crippen LogP contribution in [0.25, 0.3) is 10.4 Å². The summed E-state index contributed by atoms with van der Waals surface area (Å²) in [5.74, 6) is 0.923. The Morgan fingerprint density at radius 1 is 1.41 bits per heavy atom. The Labute approximate surface area is 108 Å². The fourth-order valence-electron chi connectivity index (χ4n) is 1.90. The molecular weight excluding hydrogens is 256 g/mol. The van der Waals surface area contributed by atoms with Crippen LogP contribution in [0.15, 0.2) is 24.3 Å². The summed E-state index contributed by atoms with van der Waals surface area (Å²) < 4.78 is 5.63. The number of hydrogen-bond acceptors (Lipinski definition) is 3. The molecule has 17 heavy (non-hydrogen) atoms. The molecule has 0 bridgehead atoms. The van der Waals surface area contributed by atoms with Gasteiger partial charge in [-0.1, -0.05) is 11.6 Å². The van der Waals surface area contributed by atoms with Gasteiger partial charge in [-0.15, -0.1) is 11.3 Å². The molecule has 0 saturated carbocycles. The quantitative estimate of drug-likeness (QED) is 0.723. The van der Waals surface area contributed by atoms with E-state index in [4.69, 9.17) is 16.3 Å². The first-order valence-corrected chi connectivity index (χ1v) is 6.41. The molecular formula is C13H9ClO2S. The molecule has 0 spiro atoms. The zero-order chi connectivity index (χ0) is 12.0. The SMILES string of the molecule is CC(=O)c1cc2c(s1)-c1cc(Cl)ccc1OC2. The average Bonchev–Trinajstić information content (AvgIpc) is 2.73. The minimum Gasteiger partial charge on any atom is -0.488 e. The number of ether oxygens (including phenoxy) is 1. The summed E-state index contributed by atoms with van der Waals surface area (Å²) in [6.45, 7) is 2.10. The van der Waals surface area contributed by atoms with E-state index in [0.29, 0.717) is 11.6 Å². The normalized spacial score (nSPS) is 12.6. The van der Waals surface area contributed by atoms with E-state index in [1.54, 1.807) is 6.92 Å². The number of carbonyl (C=O) groups excluding carboxylic acids is 1. The summed E-state index contributed by atoms with van der Waals surface area (Å²) in [5, 5.41) is 0.679. The Morgan fingerprint density at radius 3 is 3.00 bits per heavy atom. The number of benzene rings is 1. The van der Waals surface area contributed by atoms with Crippen molar-refractivity contribution in [3.05, 3.63) is 39.7 Å². The number of hydrogen-bond donors (Lipinski definition) is 0. The molecule has 2 heterocycles. The summed E-state index contributed by atoms with van der Waals surface area (Å²) in [6.07, 6.45) is 0. The molecule has 1 aromatic heterocycles. The Balaban J connectivity index is 2.21. The maximum absolute atomic E-state index is 11.4. The van der Waals surface area contributed by atoms with E-state index in [9.17, 15) is 4.79 Å². The maximum Gasteiger partial charge on any atom is 0.169 e. The smallest absolute Gasteiger partial charge is 0.169 e. The minimum atomic E-state index is 0.0907. The van der Waals surface area contributed by atoms with Gasteiger partial charge < -0.3 is 4.74 Å². The van der Waals surface area contributed by atoms with Crippen LogP contribution in [0.3, 0.4) is 0 Å². The highest BCUT2D eigenvalue weighted by molar-refractivity contribution is 7.17. The number of carbonyl (C=O) groups is 1. The summed E-state index contributed by atoms with van der Waals surface area (Å²) in [4.78, 5) is 13.3. The van der Waals surface area contributed by atoms with Crippen molar-refractivity contribution in [2.45, 2.75) is 13.5 Å². The zero-order valence-corrected chi connectivity index (χ0v) is 10.7. The number of ketones is 1. The molecule has 0 aliphatic carbocycles. The Bertz CT molecular complexity index is 616. The fraction of sp³-hybridized carbons (Fsp3) is 0.154. The molecule has 0 unspecified atom stereocenters. The molecule has 3 rings (SSSR count). The molecule has 4 heteroatoms. The van der Waals surface area contributed by atoms with Crippen LogP contribution in [-0.2, 0) is 6.61 Å². The number of thiophene rings is 1. The Hall–Kier alpha value is -1.32. The standard InChI is InChI=1S/C13H9ClO2S/c1-7(15)12-4-8-6-16-11-3-2-9(14)5-10(11)13(8)17-12/h2-5H,6H2,1H3. The van der Waals surface area contributed by atoms with Gasteiger partial charge in [0.1, 0.15) is 12.4 Å². The summed E-state index contributed by atoms with van der Waals surface area (Å²) in [7, 11) is 0. The monoisotopic (exact) mass is 264 g/mol. The molecule has 1 aliphatic heterocycles. The van der Waals surface area contributed by atoms with Crippen LogP contribution in [0.2, 0.25) is 5.02 Å². The van der Waals surface area contributed by atoms with Gasteiger partial charge in [0.25, 0.3) is 0 Å². The van der Waals surface area contributed by atoms with Crippen LogP contribution in [0.1, 0.15) is 22.2 Å². The molecule has 0 radical (unpaired) electrons. The third kappa shape index (κ3) is 1.75. The molecule has 0 N–H and O–H groups in total. The van der Waals surface area contributed by atoms with E-state index in [1.165, 1.54) is 11.3 Å². The second-order valence-electron chi connectivity index (χ2n) is 3.95. The van der Waals surface area contributed by atoms with E-state index in [2.05, 4.69) is 0 Å². The average molecular weight is 265 g/mol. The predicted molar refractivity (Wildman–Crippen MR) is 69.1 cm³/mol. The third-order valence-electron chi connectivity index (χ3n) is 2.73.